The van der Waals surface area contributed by atoms with Gasteiger partial charge in [-0.3, -0.25) is 0 Å². The third-order valence-electron chi connectivity index (χ3n) is 2.86. The first-order valence-corrected chi connectivity index (χ1v) is 6.14. The van der Waals surface area contributed by atoms with Crippen LogP contribution in [0, 0.1) is 0 Å². The average molecular weight is 261 g/mol. The molecule has 0 saturated heterocycles. The van der Waals surface area contributed by atoms with E-state index >= 15 is 0 Å². The quantitative estimate of drug-likeness (QED) is 0.673. The number of hydrogen-bond acceptors (Lipinski definition) is 5. The molecule has 0 unspecified atom stereocenters. The van der Waals surface area contributed by atoms with Crippen molar-refractivity contribution in [1.82, 2.24) is 9.78 Å². The highest BCUT2D eigenvalue weighted by Crippen LogP contribution is 2.24. The monoisotopic (exact) mass is 261 g/mol. The molecule has 0 bridgehead atoms. The molecule has 1 aromatic carbocycles. The molecule has 0 spiro atoms. The molecule has 0 aliphatic rings. The molecule has 0 aliphatic heterocycles. The van der Waals surface area contributed by atoms with Gasteiger partial charge in [-0.2, -0.15) is 5.10 Å². The molecule has 6 heteroatoms. The van der Waals surface area contributed by atoms with Crippen LogP contribution in [-0.2, 0) is 6.54 Å². The van der Waals surface area contributed by atoms with Gasteiger partial charge in [0.15, 0.2) is 0 Å². The summed E-state index contributed by atoms with van der Waals surface area (Å²) < 4.78 is 1.70. The van der Waals surface area contributed by atoms with Crippen LogP contribution < -0.4 is 16.8 Å². The van der Waals surface area contributed by atoms with Gasteiger partial charge in [0.2, 0.25) is 0 Å². The zero-order chi connectivity index (χ0) is 14.0. The predicted octanol–water partition coefficient (Wildman–Crippen LogP) is 1.95. The molecule has 0 atom stereocenters. The Morgan fingerprint density at radius 2 is 2.11 bits per heavy atom. The predicted molar refractivity (Wildman–Crippen MR) is 76.9 cm³/mol. The first-order chi connectivity index (χ1) is 8.99. The van der Waals surface area contributed by atoms with E-state index in [4.69, 9.17) is 11.5 Å². The minimum absolute atomic E-state index is 0.164. The van der Waals surface area contributed by atoms with Crippen molar-refractivity contribution >= 4 is 17.2 Å². The highest BCUT2D eigenvalue weighted by atomic mass is 16.3. The molecule has 1 aromatic heterocycles. The molecule has 6 N–H and O–H groups in total. The van der Waals surface area contributed by atoms with Crippen LogP contribution in [0.15, 0.2) is 24.3 Å². The highest BCUT2D eigenvalue weighted by molar-refractivity contribution is 5.63. The topological polar surface area (TPSA) is 102 Å². The lowest BCUT2D eigenvalue weighted by molar-refractivity contribution is 0.475. The van der Waals surface area contributed by atoms with E-state index in [0.717, 1.165) is 5.69 Å². The van der Waals surface area contributed by atoms with Crippen LogP contribution in [0.3, 0.4) is 0 Å². The number of aromatic hydroxyl groups is 1. The van der Waals surface area contributed by atoms with Gasteiger partial charge in [0, 0.05) is 17.8 Å². The molecule has 2 aromatic rings. The first-order valence-electron chi connectivity index (χ1n) is 6.14. The number of benzene rings is 1. The number of phenolic OH excluding ortho intramolecular Hbond substituents is 1. The Morgan fingerprint density at radius 1 is 1.37 bits per heavy atom. The summed E-state index contributed by atoms with van der Waals surface area (Å²) in [5.41, 5.74) is 13.9. The summed E-state index contributed by atoms with van der Waals surface area (Å²) in [4.78, 5) is 0. The SMILES string of the molecule is CC(C)n1nc(CNc2cccc(O)c2)c(N)c1N. The van der Waals surface area contributed by atoms with Crippen LogP contribution in [0.2, 0.25) is 0 Å². The van der Waals surface area contributed by atoms with Crippen LogP contribution in [0.4, 0.5) is 17.2 Å². The molecule has 6 nitrogen and oxygen atoms in total. The molecular formula is C13H19N5O. The Hall–Kier alpha value is -2.37. The summed E-state index contributed by atoms with van der Waals surface area (Å²) in [5.74, 6) is 0.702. The number of rotatable bonds is 4. The fourth-order valence-electron chi connectivity index (χ4n) is 1.83. The van der Waals surface area contributed by atoms with Crippen molar-refractivity contribution in [2.75, 3.05) is 16.8 Å². The lowest BCUT2D eigenvalue weighted by Gasteiger charge is -2.06. The van der Waals surface area contributed by atoms with Crippen molar-refractivity contribution in [3.05, 3.63) is 30.0 Å². The van der Waals surface area contributed by atoms with Gasteiger partial charge in [0.25, 0.3) is 0 Å². The molecular weight excluding hydrogens is 242 g/mol. The van der Waals surface area contributed by atoms with Gasteiger partial charge < -0.3 is 21.9 Å². The van der Waals surface area contributed by atoms with Gasteiger partial charge in [-0.25, -0.2) is 4.68 Å². The summed E-state index contributed by atoms with van der Waals surface area (Å²) >= 11 is 0. The maximum atomic E-state index is 9.38. The van der Waals surface area contributed by atoms with E-state index in [1.54, 1.807) is 22.9 Å². The number of hydrogen-bond donors (Lipinski definition) is 4. The van der Waals surface area contributed by atoms with E-state index in [1.165, 1.54) is 0 Å². The minimum Gasteiger partial charge on any atom is -0.508 e. The molecule has 2 rings (SSSR count). The van der Waals surface area contributed by atoms with Gasteiger partial charge in [-0.15, -0.1) is 0 Å². The number of nitrogens with one attached hydrogen (secondary N) is 1. The van der Waals surface area contributed by atoms with E-state index in [2.05, 4.69) is 10.4 Å². The van der Waals surface area contributed by atoms with Crippen LogP contribution in [0.1, 0.15) is 25.6 Å². The summed E-state index contributed by atoms with van der Waals surface area (Å²) in [6.45, 7) is 4.45. The molecule has 0 fully saturated rings. The standard InChI is InChI=1S/C13H19N5O/c1-8(2)18-13(15)12(14)11(17-18)7-16-9-4-3-5-10(19)6-9/h3-6,8,16,19H,7,14-15H2,1-2H3. The Morgan fingerprint density at radius 3 is 2.68 bits per heavy atom. The van der Waals surface area contributed by atoms with Gasteiger partial charge in [0.1, 0.15) is 17.3 Å². The number of nitrogens with zero attached hydrogens (tertiary/aromatic N) is 2. The molecule has 0 amide bonds. The van der Waals surface area contributed by atoms with E-state index in [1.807, 2.05) is 19.9 Å². The van der Waals surface area contributed by atoms with Crippen molar-refractivity contribution in [1.29, 1.82) is 0 Å². The van der Waals surface area contributed by atoms with Gasteiger partial charge >= 0.3 is 0 Å². The van der Waals surface area contributed by atoms with Gasteiger partial charge in [-0.05, 0) is 26.0 Å². The van der Waals surface area contributed by atoms with Crippen LogP contribution in [0.25, 0.3) is 0 Å². The zero-order valence-electron chi connectivity index (χ0n) is 11.1. The van der Waals surface area contributed by atoms with Crippen molar-refractivity contribution < 1.29 is 5.11 Å². The van der Waals surface area contributed by atoms with Crippen molar-refractivity contribution in [2.45, 2.75) is 26.4 Å². The van der Waals surface area contributed by atoms with E-state index in [9.17, 15) is 5.11 Å². The Kier molecular flexibility index (Phi) is 3.50. The third kappa shape index (κ3) is 2.73. The molecule has 19 heavy (non-hydrogen) atoms. The maximum Gasteiger partial charge on any atom is 0.145 e. The second-order valence-corrected chi connectivity index (χ2v) is 4.69. The highest BCUT2D eigenvalue weighted by Gasteiger charge is 2.14. The normalized spacial score (nSPS) is 10.9. The average Bonchev–Trinajstić information content (AvgIpc) is 2.64. The third-order valence-corrected chi connectivity index (χ3v) is 2.86. The second-order valence-electron chi connectivity index (χ2n) is 4.69. The number of nitrogens with two attached hydrogens (primary N) is 2. The molecule has 102 valence electrons. The number of phenols is 1. The summed E-state index contributed by atoms with van der Waals surface area (Å²) in [6, 6.07) is 7.04. The smallest absolute Gasteiger partial charge is 0.145 e. The molecule has 0 saturated carbocycles. The largest absolute Gasteiger partial charge is 0.508 e. The van der Waals surface area contributed by atoms with E-state index < -0.39 is 0 Å². The molecule has 1 heterocycles. The number of anilines is 3. The van der Waals surface area contributed by atoms with Crippen molar-refractivity contribution in [3.63, 3.8) is 0 Å². The van der Waals surface area contributed by atoms with Crippen molar-refractivity contribution in [3.8, 4) is 5.75 Å². The minimum atomic E-state index is 0.164. The Labute approximate surface area is 112 Å². The molecule has 0 aliphatic carbocycles. The van der Waals surface area contributed by atoms with Gasteiger partial charge in [0.05, 0.1) is 12.2 Å². The van der Waals surface area contributed by atoms with Crippen LogP contribution in [0.5, 0.6) is 5.75 Å². The van der Waals surface area contributed by atoms with Crippen LogP contribution in [-0.4, -0.2) is 14.9 Å². The Bertz CT molecular complexity index is 576. The second kappa shape index (κ2) is 5.09. The number of aromatic nitrogens is 2. The van der Waals surface area contributed by atoms with E-state index in [0.29, 0.717) is 23.7 Å². The lowest BCUT2D eigenvalue weighted by atomic mass is 10.3. The zero-order valence-corrected chi connectivity index (χ0v) is 11.1. The fourth-order valence-corrected chi connectivity index (χ4v) is 1.83. The summed E-state index contributed by atoms with van der Waals surface area (Å²) in [6.07, 6.45) is 0. The van der Waals surface area contributed by atoms with Crippen LogP contribution >= 0.6 is 0 Å². The van der Waals surface area contributed by atoms with E-state index in [-0.39, 0.29) is 11.8 Å². The Balaban J connectivity index is 2.14. The van der Waals surface area contributed by atoms with Gasteiger partial charge in [-0.1, -0.05) is 6.07 Å². The maximum absolute atomic E-state index is 9.38. The summed E-state index contributed by atoms with van der Waals surface area (Å²) in [7, 11) is 0. The first kappa shape index (κ1) is 13.1. The summed E-state index contributed by atoms with van der Waals surface area (Å²) in [5, 5.41) is 16.9. The van der Waals surface area contributed by atoms with Crippen molar-refractivity contribution in [2.24, 2.45) is 0 Å². The number of nitrogen functional groups attached to an aromatic ring is 2. The molecule has 0 radical (unpaired) electrons. The fraction of sp³-hybridized carbons (Fsp3) is 0.308. The lowest BCUT2D eigenvalue weighted by Crippen LogP contribution is -2.07.